The van der Waals surface area contributed by atoms with E-state index in [0.717, 1.165) is 37.4 Å². The Morgan fingerprint density at radius 3 is 2.33 bits per heavy atom. The molecule has 1 N–H and O–H groups in total. The van der Waals surface area contributed by atoms with Gasteiger partial charge in [-0.2, -0.15) is 8.75 Å². The second-order valence-electron chi connectivity index (χ2n) is 8.23. The first-order valence-electron chi connectivity index (χ1n) is 11.0. The fourth-order valence-electron chi connectivity index (χ4n) is 4.50. The van der Waals surface area contributed by atoms with Gasteiger partial charge in [-0.1, -0.05) is 38.2 Å². The third-order valence-corrected chi connectivity index (χ3v) is 6.75. The van der Waals surface area contributed by atoms with Gasteiger partial charge in [-0.15, -0.1) is 0 Å². The molecule has 0 spiro atoms. The summed E-state index contributed by atoms with van der Waals surface area (Å²) >= 11 is 1.07. The maximum Gasteiger partial charge on any atom is 0.336 e. The lowest BCUT2D eigenvalue weighted by atomic mass is 9.80. The van der Waals surface area contributed by atoms with Crippen LogP contribution in [0.4, 0.5) is 0 Å². The molecule has 1 aliphatic carbocycles. The van der Waals surface area contributed by atoms with E-state index in [9.17, 15) is 14.7 Å². The summed E-state index contributed by atoms with van der Waals surface area (Å²) in [7, 11) is 3.03. The van der Waals surface area contributed by atoms with E-state index in [1.54, 1.807) is 36.4 Å². The SMILES string of the molecule is COc1ccc(C(=O)C(CC2CCCCC2)=C(C(=O)O)c2ccc3nsnc3c2)cc1OC. The second-order valence-corrected chi connectivity index (χ2v) is 8.76. The normalized spacial score (nSPS) is 15.2. The predicted molar refractivity (Wildman–Crippen MR) is 127 cm³/mol. The van der Waals surface area contributed by atoms with Gasteiger partial charge in [0.25, 0.3) is 0 Å². The van der Waals surface area contributed by atoms with Crippen molar-refractivity contribution < 1.29 is 24.2 Å². The van der Waals surface area contributed by atoms with Crippen molar-refractivity contribution in [2.45, 2.75) is 38.5 Å². The summed E-state index contributed by atoms with van der Waals surface area (Å²) in [5.41, 5.74) is 2.48. The molecule has 0 atom stereocenters. The lowest BCUT2D eigenvalue weighted by molar-refractivity contribution is -0.130. The molecule has 0 aliphatic heterocycles. The molecule has 1 aromatic heterocycles. The minimum atomic E-state index is -1.13. The summed E-state index contributed by atoms with van der Waals surface area (Å²) in [6.07, 6.45) is 5.78. The molecule has 0 saturated heterocycles. The molecule has 4 rings (SSSR count). The van der Waals surface area contributed by atoms with Crippen molar-refractivity contribution in [3.05, 3.63) is 53.1 Å². The molecule has 1 aliphatic rings. The molecule has 0 amide bonds. The van der Waals surface area contributed by atoms with Crippen molar-refractivity contribution in [2.24, 2.45) is 5.92 Å². The average Bonchev–Trinajstić information content (AvgIpc) is 3.31. The molecule has 33 heavy (non-hydrogen) atoms. The number of methoxy groups -OCH3 is 2. The Labute approximate surface area is 196 Å². The van der Waals surface area contributed by atoms with E-state index in [-0.39, 0.29) is 17.3 Å². The van der Waals surface area contributed by atoms with Crippen LogP contribution >= 0.6 is 11.7 Å². The van der Waals surface area contributed by atoms with Gasteiger partial charge < -0.3 is 14.6 Å². The molecule has 0 bridgehead atoms. The third kappa shape index (κ3) is 4.90. The summed E-state index contributed by atoms with van der Waals surface area (Å²) in [5.74, 6) is -0.233. The van der Waals surface area contributed by atoms with E-state index in [4.69, 9.17) is 9.47 Å². The van der Waals surface area contributed by atoms with Gasteiger partial charge in [0.05, 0.1) is 31.5 Å². The van der Waals surface area contributed by atoms with Crippen LogP contribution in [0, 0.1) is 5.92 Å². The average molecular weight is 467 g/mol. The van der Waals surface area contributed by atoms with Crippen LogP contribution in [-0.4, -0.2) is 39.8 Å². The maximum absolute atomic E-state index is 13.8. The van der Waals surface area contributed by atoms with Gasteiger partial charge in [-0.3, -0.25) is 4.79 Å². The van der Waals surface area contributed by atoms with Crippen molar-refractivity contribution in [3.63, 3.8) is 0 Å². The molecule has 0 unspecified atom stereocenters. The number of benzene rings is 2. The highest BCUT2D eigenvalue weighted by Gasteiger charge is 2.27. The van der Waals surface area contributed by atoms with Crippen molar-refractivity contribution in [1.29, 1.82) is 0 Å². The van der Waals surface area contributed by atoms with Gasteiger partial charge in [-0.05, 0) is 48.2 Å². The molecule has 7 nitrogen and oxygen atoms in total. The molecule has 1 fully saturated rings. The number of allylic oxidation sites excluding steroid dienone is 1. The number of carboxylic acid groups (broad SMARTS) is 1. The summed E-state index contributed by atoms with van der Waals surface area (Å²) < 4.78 is 19.1. The van der Waals surface area contributed by atoms with E-state index in [0.29, 0.717) is 45.7 Å². The Hall–Kier alpha value is -3.26. The Morgan fingerprint density at radius 2 is 1.64 bits per heavy atom. The van der Waals surface area contributed by atoms with Crippen molar-refractivity contribution in [2.75, 3.05) is 14.2 Å². The van der Waals surface area contributed by atoms with Crippen LogP contribution in [0.25, 0.3) is 16.6 Å². The number of hydrogen-bond acceptors (Lipinski definition) is 7. The molecular formula is C25H26N2O5S. The Kier molecular flexibility index (Phi) is 7.03. The lowest BCUT2D eigenvalue weighted by Crippen LogP contribution is -2.17. The molecule has 3 aromatic rings. The minimum Gasteiger partial charge on any atom is -0.493 e. The predicted octanol–water partition coefficient (Wildman–Crippen LogP) is 5.40. The summed E-state index contributed by atoms with van der Waals surface area (Å²) in [5, 5.41) is 10.2. The molecule has 1 heterocycles. The number of hydrogen-bond donors (Lipinski definition) is 1. The van der Waals surface area contributed by atoms with Crippen LogP contribution in [-0.2, 0) is 4.79 Å². The highest BCUT2D eigenvalue weighted by molar-refractivity contribution is 7.00. The highest BCUT2D eigenvalue weighted by atomic mass is 32.1. The van der Waals surface area contributed by atoms with Gasteiger partial charge in [-0.25, -0.2) is 4.79 Å². The zero-order valence-electron chi connectivity index (χ0n) is 18.7. The standard InChI is InChI=1S/C25H26N2O5S/c1-31-21-11-9-17(14-22(21)32-2)24(28)18(12-15-6-4-3-5-7-15)23(25(29)30)16-8-10-19-20(13-16)27-33-26-19/h8-11,13-15H,3-7,12H2,1-2H3,(H,29,30). The van der Waals surface area contributed by atoms with Gasteiger partial charge in [0.1, 0.15) is 11.0 Å². The first kappa shape index (κ1) is 22.9. The van der Waals surface area contributed by atoms with Crippen LogP contribution in [0.3, 0.4) is 0 Å². The molecule has 0 radical (unpaired) electrons. The number of carboxylic acids is 1. The number of Topliss-reactive ketones (excluding diaryl/α,β-unsaturated/α-hetero) is 1. The minimum absolute atomic E-state index is 0.0234. The quantitative estimate of drug-likeness (QED) is 0.350. The number of rotatable bonds is 8. The summed E-state index contributed by atoms with van der Waals surface area (Å²) in [6, 6.07) is 10.1. The van der Waals surface area contributed by atoms with E-state index >= 15 is 0 Å². The Morgan fingerprint density at radius 1 is 0.939 bits per heavy atom. The summed E-state index contributed by atoms with van der Waals surface area (Å²) in [4.78, 5) is 26.3. The molecule has 1 saturated carbocycles. The highest BCUT2D eigenvalue weighted by Crippen LogP contribution is 2.36. The fourth-order valence-corrected chi connectivity index (χ4v) is 5.02. The van der Waals surface area contributed by atoms with E-state index in [2.05, 4.69) is 8.75 Å². The third-order valence-electron chi connectivity index (χ3n) is 6.20. The number of aromatic nitrogens is 2. The van der Waals surface area contributed by atoms with E-state index in [1.165, 1.54) is 20.6 Å². The topological polar surface area (TPSA) is 98.6 Å². The summed E-state index contributed by atoms with van der Waals surface area (Å²) in [6.45, 7) is 0. The zero-order valence-corrected chi connectivity index (χ0v) is 19.5. The lowest BCUT2D eigenvalue weighted by Gasteiger charge is -2.23. The van der Waals surface area contributed by atoms with Gasteiger partial charge in [0.2, 0.25) is 0 Å². The number of nitrogens with zero attached hydrogens (tertiary/aromatic N) is 2. The molecule has 8 heteroatoms. The largest absolute Gasteiger partial charge is 0.493 e. The Balaban J connectivity index is 1.85. The Bertz CT molecular complexity index is 1210. The molecular weight excluding hydrogens is 440 g/mol. The number of aliphatic carboxylic acids is 1. The van der Waals surface area contributed by atoms with Crippen LogP contribution < -0.4 is 9.47 Å². The van der Waals surface area contributed by atoms with E-state index in [1.807, 2.05) is 0 Å². The number of carbonyl (C=O) groups is 2. The first-order chi connectivity index (χ1) is 16.0. The smallest absolute Gasteiger partial charge is 0.336 e. The van der Waals surface area contributed by atoms with Crippen LogP contribution in [0.5, 0.6) is 11.5 Å². The van der Waals surface area contributed by atoms with Crippen molar-refractivity contribution in [1.82, 2.24) is 8.75 Å². The maximum atomic E-state index is 13.8. The fraction of sp³-hybridized carbons (Fsp3) is 0.360. The van der Waals surface area contributed by atoms with Gasteiger partial charge in [0, 0.05) is 11.1 Å². The monoisotopic (exact) mass is 466 g/mol. The second kappa shape index (κ2) is 10.1. The van der Waals surface area contributed by atoms with Crippen molar-refractivity contribution in [3.8, 4) is 11.5 Å². The van der Waals surface area contributed by atoms with Crippen LogP contribution in [0.1, 0.15) is 54.4 Å². The number of ether oxygens (including phenoxy) is 2. The van der Waals surface area contributed by atoms with Crippen molar-refractivity contribution >= 4 is 40.1 Å². The molecule has 2 aromatic carbocycles. The van der Waals surface area contributed by atoms with E-state index < -0.39 is 5.97 Å². The van der Waals surface area contributed by atoms with Gasteiger partial charge >= 0.3 is 5.97 Å². The van der Waals surface area contributed by atoms with Gasteiger partial charge in [0.15, 0.2) is 17.3 Å². The first-order valence-corrected chi connectivity index (χ1v) is 11.7. The zero-order chi connectivity index (χ0) is 23.4. The van der Waals surface area contributed by atoms with Crippen LogP contribution in [0.2, 0.25) is 0 Å². The number of fused-ring (bicyclic) bond motifs is 1. The number of carbonyl (C=O) groups excluding carboxylic acids is 1. The number of ketones is 1. The molecule has 172 valence electrons. The van der Waals surface area contributed by atoms with Crippen LogP contribution in [0.15, 0.2) is 42.0 Å².